The molecule has 4 aromatic rings. The molecule has 0 bridgehead atoms. The minimum atomic E-state index is 0.0566. The highest BCUT2D eigenvalue weighted by molar-refractivity contribution is 5.93. The van der Waals surface area contributed by atoms with E-state index in [9.17, 15) is 4.79 Å². The molecule has 1 saturated carbocycles. The van der Waals surface area contributed by atoms with Crippen LogP contribution >= 0.6 is 0 Å². The maximum Gasteiger partial charge on any atom is 0.228 e. The molecule has 0 radical (unpaired) electrons. The summed E-state index contributed by atoms with van der Waals surface area (Å²) in [7, 11) is 0. The number of aryl methyl sites for hydroxylation is 1. The van der Waals surface area contributed by atoms with Gasteiger partial charge in [0.05, 0.1) is 23.0 Å². The number of nitrogens with zero attached hydrogens (tertiary/aromatic N) is 6. The highest BCUT2D eigenvalue weighted by atomic mass is 16.2. The van der Waals surface area contributed by atoms with Crippen molar-refractivity contribution in [1.29, 1.82) is 0 Å². The van der Waals surface area contributed by atoms with Gasteiger partial charge >= 0.3 is 0 Å². The van der Waals surface area contributed by atoms with Gasteiger partial charge in [-0.05, 0) is 31.9 Å². The van der Waals surface area contributed by atoms with Crippen molar-refractivity contribution in [1.82, 2.24) is 29.5 Å². The lowest BCUT2D eigenvalue weighted by molar-refractivity contribution is -0.120. The summed E-state index contributed by atoms with van der Waals surface area (Å²) < 4.78 is 3.45. The van der Waals surface area contributed by atoms with Crippen LogP contribution in [0.2, 0.25) is 0 Å². The molecule has 8 nitrogen and oxygen atoms in total. The van der Waals surface area contributed by atoms with Gasteiger partial charge in [0, 0.05) is 12.0 Å². The van der Waals surface area contributed by atoms with Crippen molar-refractivity contribution < 1.29 is 4.79 Å². The van der Waals surface area contributed by atoms with Crippen LogP contribution in [0.15, 0.2) is 48.9 Å². The first-order chi connectivity index (χ1) is 14.7. The molecule has 152 valence electrons. The Kier molecular flexibility index (Phi) is 4.74. The van der Waals surface area contributed by atoms with Crippen molar-refractivity contribution in [3.8, 4) is 11.5 Å². The molecular formula is C22H23N7O. The Labute approximate surface area is 174 Å². The number of anilines is 1. The van der Waals surface area contributed by atoms with E-state index in [1.54, 1.807) is 15.6 Å². The molecule has 0 saturated heterocycles. The second-order valence-electron chi connectivity index (χ2n) is 7.73. The molecular weight excluding hydrogens is 378 g/mol. The van der Waals surface area contributed by atoms with Gasteiger partial charge < -0.3 is 5.32 Å². The molecule has 1 aromatic carbocycles. The molecule has 1 N–H and O–H groups in total. The number of para-hydroxylation sites is 1. The number of rotatable bonds is 4. The Hall–Kier alpha value is -3.55. The predicted octanol–water partition coefficient (Wildman–Crippen LogP) is 3.83. The number of benzene rings is 1. The number of nitrogens with one attached hydrogen (secondary N) is 1. The van der Waals surface area contributed by atoms with Crippen molar-refractivity contribution in [2.24, 2.45) is 5.92 Å². The zero-order chi connectivity index (χ0) is 20.5. The van der Waals surface area contributed by atoms with Gasteiger partial charge in [-0.15, -0.1) is 0 Å². The van der Waals surface area contributed by atoms with Crippen LogP contribution in [0.3, 0.4) is 0 Å². The summed E-state index contributed by atoms with van der Waals surface area (Å²) in [6.07, 6.45) is 8.57. The predicted molar refractivity (Wildman–Crippen MR) is 114 cm³/mol. The Morgan fingerprint density at radius 2 is 1.87 bits per heavy atom. The van der Waals surface area contributed by atoms with E-state index in [-0.39, 0.29) is 11.8 Å². The molecule has 1 fully saturated rings. The van der Waals surface area contributed by atoms with Crippen molar-refractivity contribution in [2.45, 2.75) is 39.0 Å². The number of aromatic nitrogens is 6. The third-order valence-electron chi connectivity index (χ3n) is 5.60. The van der Waals surface area contributed by atoms with Gasteiger partial charge in [-0.1, -0.05) is 37.5 Å². The van der Waals surface area contributed by atoms with Gasteiger partial charge in [-0.25, -0.2) is 14.6 Å². The van der Waals surface area contributed by atoms with E-state index < -0.39 is 0 Å². The SMILES string of the molecule is Cc1cc(NC(=O)C2CCCCC2)n(-c2ncnc3c2cnn3-c2ccccc2)n1. The largest absolute Gasteiger partial charge is 0.310 e. The van der Waals surface area contributed by atoms with Crippen LogP contribution < -0.4 is 5.32 Å². The average molecular weight is 401 g/mol. The molecule has 0 atom stereocenters. The second kappa shape index (κ2) is 7.70. The van der Waals surface area contributed by atoms with Crippen molar-refractivity contribution >= 4 is 22.8 Å². The molecule has 30 heavy (non-hydrogen) atoms. The van der Waals surface area contributed by atoms with E-state index in [2.05, 4.69) is 25.5 Å². The van der Waals surface area contributed by atoms with E-state index in [1.807, 2.05) is 43.3 Å². The fourth-order valence-electron chi connectivity index (χ4n) is 4.10. The number of hydrogen-bond donors (Lipinski definition) is 1. The fraction of sp³-hybridized carbons (Fsp3) is 0.318. The summed E-state index contributed by atoms with van der Waals surface area (Å²) in [5.41, 5.74) is 2.40. The monoisotopic (exact) mass is 401 g/mol. The lowest BCUT2D eigenvalue weighted by Gasteiger charge is -2.20. The number of carbonyl (C=O) groups excluding carboxylic acids is 1. The van der Waals surface area contributed by atoms with Gasteiger partial charge in [-0.2, -0.15) is 14.9 Å². The Bertz CT molecular complexity index is 1190. The molecule has 0 spiro atoms. The molecule has 1 aliphatic carbocycles. The number of fused-ring (bicyclic) bond motifs is 1. The number of amides is 1. The average Bonchev–Trinajstić information content (AvgIpc) is 3.38. The first kappa shape index (κ1) is 18.5. The van der Waals surface area contributed by atoms with E-state index in [0.717, 1.165) is 42.5 Å². The molecule has 0 unspecified atom stereocenters. The van der Waals surface area contributed by atoms with Crippen LogP contribution in [0.25, 0.3) is 22.5 Å². The number of carbonyl (C=O) groups is 1. The maximum atomic E-state index is 12.8. The summed E-state index contributed by atoms with van der Waals surface area (Å²) in [4.78, 5) is 21.7. The Morgan fingerprint density at radius 1 is 1.07 bits per heavy atom. The quantitative estimate of drug-likeness (QED) is 0.561. The minimum Gasteiger partial charge on any atom is -0.310 e. The first-order valence-corrected chi connectivity index (χ1v) is 10.3. The van der Waals surface area contributed by atoms with E-state index in [1.165, 1.54) is 12.7 Å². The van der Waals surface area contributed by atoms with Crippen LogP contribution in [0.1, 0.15) is 37.8 Å². The fourth-order valence-corrected chi connectivity index (χ4v) is 4.10. The second-order valence-corrected chi connectivity index (χ2v) is 7.73. The van der Waals surface area contributed by atoms with Crippen LogP contribution in [-0.4, -0.2) is 35.4 Å². The first-order valence-electron chi connectivity index (χ1n) is 10.3. The van der Waals surface area contributed by atoms with Crippen molar-refractivity contribution in [3.05, 3.63) is 54.6 Å². The van der Waals surface area contributed by atoms with E-state index >= 15 is 0 Å². The smallest absolute Gasteiger partial charge is 0.228 e. The van der Waals surface area contributed by atoms with E-state index in [4.69, 9.17) is 0 Å². The zero-order valence-electron chi connectivity index (χ0n) is 16.8. The van der Waals surface area contributed by atoms with E-state index in [0.29, 0.717) is 17.3 Å². The number of hydrogen-bond acceptors (Lipinski definition) is 5. The van der Waals surface area contributed by atoms with Crippen LogP contribution in [0.5, 0.6) is 0 Å². The molecule has 1 amide bonds. The zero-order valence-corrected chi connectivity index (χ0v) is 16.8. The summed E-state index contributed by atoms with van der Waals surface area (Å²) in [5.74, 6) is 1.33. The molecule has 3 heterocycles. The molecule has 8 heteroatoms. The van der Waals surface area contributed by atoms with Crippen LogP contribution in [-0.2, 0) is 4.79 Å². The standard InChI is InChI=1S/C22H23N7O/c1-15-12-19(26-22(30)16-8-4-2-5-9-16)29(27-15)21-18-13-25-28(20(18)23-14-24-21)17-10-6-3-7-11-17/h3,6-7,10-14,16H,2,4-5,8-9H2,1H3,(H,26,30). The van der Waals surface area contributed by atoms with Gasteiger partial charge in [0.2, 0.25) is 5.91 Å². The normalized spacial score (nSPS) is 14.8. The minimum absolute atomic E-state index is 0.0566. The van der Waals surface area contributed by atoms with Crippen LogP contribution in [0.4, 0.5) is 5.82 Å². The third-order valence-corrected chi connectivity index (χ3v) is 5.60. The van der Waals surface area contributed by atoms with Crippen molar-refractivity contribution in [3.63, 3.8) is 0 Å². The maximum absolute atomic E-state index is 12.8. The molecule has 0 aliphatic heterocycles. The molecule has 1 aliphatic rings. The third kappa shape index (κ3) is 3.34. The van der Waals surface area contributed by atoms with Crippen LogP contribution in [0, 0.1) is 12.8 Å². The van der Waals surface area contributed by atoms with Gasteiger partial charge in [0.1, 0.15) is 12.1 Å². The Balaban J connectivity index is 1.53. The lowest BCUT2D eigenvalue weighted by Crippen LogP contribution is -2.26. The molecule has 3 aromatic heterocycles. The Morgan fingerprint density at radius 3 is 2.67 bits per heavy atom. The van der Waals surface area contributed by atoms with Crippen molar-refractivity contribution in [2.75, 3.05) is 5.32 Å². The highest BCUT2D eigenvalue weighted by Gasteiger charge is 2.23. The molecule has 5 rings (SSSR count). The van der Waals surface area contributed by atoms with Gasteiger partial charge in [0.25, 0.3) is 0 Å². The summed E-state index contributed by atoms with van der Waals surface area (Å²) >= 11 is 0. The van der Waals surface area contributed by atoms with Gasteiger partial charge in [0.15, 0.2) is 11.5 Å². The highest BCUT2D eigenvalue weighted by Crippen LogP contribution is 2.27. The topological polar surface area (TPSA) is 90.5 Å². The van der Waals surface area contributed by atoms with Gasteiger partial charge in [-0.3, -0.25) is 4.79 Å². The summed E-state index contributed by atoms with van der Waals surface area (Å²) in [5, 5.41) is 12.9. The lowest BCUT2D eigenvalue weighted by atomic mass is 9.89. The summed E-state index contributed by atoms with van der Waals surface area (Å²) in [6, 6.07) is 11.7. The summed E-state index contributed by atoms with van der Waals surface area (Å²) in [6.45, 7) is 1.90.